The lowest BCUT2D eigenvalue weighted by atomic mass is 9.43. The van der Waals surface area contributed by atoms with Gasteiger partial charge < -0.3 is 5.11 Å². The van der Waals surface area contributed by atoms with Gasteiger partial charge in [-0.1, -0.05) is 45.4 Å². The van der Waals surface area contributed by atoms with Crippen LogP contribution in [0, 0.1) is 39.9 Å². The van der Waals surface area contributed by atoms with Crippen LogP contribution < -0.4 is 0 Å². The van der Waals surface area contributed by atoms with Crippen molar-refractivity contribution in [3.63, 3.8) is 0 Å². The van der Waals surface area contributed by atoms with Crippen LogP contribution in [-0.2, 0) is 19.2 Å². The third-order valence-corrected chi connectivity index (χ3v) is 10.6. The third-order valence-electron chi connectivity index (χ3n) is 10.6. The average Bonchev–Trinajstić information content (AvgIpc) is 3.05. The number of hydrogen-bond donors (Lipinski definition) is 1. The second-order valence-electron chi connectivity index (χ2n) is 12.7. The Morgan fingerprint density at radius 1 is 1.06 bits per heavy atom. The second kappa shape index (κ2) is 8.38. The first kappa shape index (κ1) is 25.8. The molecule has 0 aromatic heterocycles. The molecule has 5 nitrogen and oxygen atoms in total. The minimum atomic E-state index is -1.03. The van der Waals surface area contributed by atoms with Crippen molar-refractivity contribution in [2.45, 2.75) is 87.0 Å². The van der Waals surface area contributed by atoms with E-state index in [1.807, 2.05) is 13.0 Å². The van der Waals surface area contributed by atoms with Gasteiger partial charge in [0.1, 0.15) is 5.78 Å². The zero-order chi connectivity index (χ0) is 26.1. The van der Waals surface area contributed by atoms with Crippen molar-refractivity contribution < 1.29 is 24.3 Å². The number of hydrogen-bond acceptors (Lipinski definition) is 4. The molecule has 0 radical (unpaired) electrons. The Bertz CT molecular complexity index is 1100. The van der Waals surface area contributed by atoms with Gasteiger partial charge in [0, 0.05) is 35.3 Å². The lowest BCUT2D eigenvalue weighted by molar-refractivity contribution is -0.154. The molecule has 35 heavy (non-hydrogen) atoms. The molecular formula is C30H40O5. The summed E-state index contributed by atoms with van der Waals surface area (Å²) < 4.78 is 0. The Hall–Kier alpha value is -2.30. The van der Waals surface area contributed by atoms with Gasteiger partial charge in [-0.25, -0.2) is 4.79 Å². The molecule has 4 aliphatic rings. The minimum absolute atomic E-state index is 0.0582. The van der Waals surface area contributed by atoms with E-state index in [1.54, 1.807) is 13.0 Å². The monoisotopic (exact) mass is 480 g/mol. The average molecular weight is 481 g/mol. The van der Waals surface area contributed by atoms with Crippen LogP contribution in [0.1, 0.15) is 87.0 Å². The molecule has 0 aromatic carbocycles. The fourth-order valence-electron chi connectivity index (χ4n) is 8.55. The topological polar surface area (TPSA) is 88.5 Å². The van der Waals surface area contributed by atoms with Gasteiger partial charge in [-0.3, -0.25) is 14.4 Å². The highest BCUT2D eigenvalue weighted by Crippen LogP contribution is 2.69. The highest BCUT2D eigenvalue weighted by atomic mass is 16.4. The van der Waals surface area contributed by atoms with Gasteiger partial charge in [0.15, 0.2) is 11.6 Å². The molecule has 4 rings (SSSR count). The maximum Gasteiger partial charge on any atom is 0.330 e. The summed E-state index contributed by atoms with van der Waals surface area (Å²) in [6.07, 6.45) is 7.80. The Balaban J connectivity index is 1.80. The van der Waals surface area contributed by atoms with E-state index in [0.717, 1.165) is 30.4 Å². The van der Waals surface area contributed by atoms with Crippen LogP contribution in [-0.4, -0.2) is 28.4 Å². The van der Waals surface area contributed by atoms with Crippen molar-refractivity contribution in [2.75, 3.05) is 0 Å². The molecule has 6 unspecified atom stereocenters. The first-order valence-electron chi connectivity index (χ1n) is 13.1. The number of allylic oxidation sites excluding steroid dienone is 5. The molecule has 0 bridgehead atoms. The summed E-state index contributed by atoms with van der Waals surface area (Å²) in [7, 11) is 0. The van der Waals surface area contributed by atoms with E-state index in [0.29, 0.717) is 30.6 Å². The largest absolute Gasteiger partial charge is 0.478 e. The van der Waals surface area contributed by atoms with Gasteiger partial charge >= 0.3 is 5.97 Å². The van der Waals surface area contributed by atoms with E-state index < -0.39 is 11.9 Å². The predicted octanol–water partition coefficient (Wildman–Crippen LogP) is 5.89. The second-order valence-corrected chi connectivity index (χ2v) is 12.7. The number of carboxylic acid groups (broad SMARTS) is 1. The van der Waals surface area contributed by atoms with Gasteiger partial charge in [0.2, 0.25) is 0 Å². The summed E-state index contributed by atoms with van der Waals surface area (Å²) in [6, 6.07) is 0. The summed E-state index contributed by atoms with van der Waals surface area (Å²) in [6.45, 7) is 14.0. The van der Waals surface area contributed by atoms with Crippen molar-refractivity contribution in [1.82, 2.24) is 0 Å². The van der Waals surface area contributed by atoms with Crippen LogP contribution in [0.3, 0.4) is 0 Å². The van der Waals surface area contributed by atoms with E-state index in [-0.39, 0.29) is 51.1 Å². The van der Waals surface area contributed by atoms with E-state index in [4.69, 9.17) is 0 Å². The van der Waals surface area contributed by atoms with Crippen LogP contribution >= 0.6 is 0 Å². The molecule has 6 atom stereocenters. The Morgan fingerprint density at radius 3 is 2.34 bits per heavy atom. The number of carbonyl (C=O) groups is 4. The molecule has 5 heteroatoms. The molecule has 3 saturated carbocycles. The molecule has 190 valence electrons. The molecule has 0 heterocycles. The summed E-state index contributed by atoms with van der Waals surface area (Å²) in [5, 5.41) is 9.45. The minimum Gasteiger partial charge on any atom is -0.478 e. The summed E-state index contributed by atoms with van der Waals surface area (Å²) in [5.41, 5.74) is 1.88. The predicted molar refractivity (Wildman–Crippen MR) is 135 cm³/mol. The summed E-state index contributed by atoms with van der Waals surface area (Å²) >= 11 is 0. The first-order valence-corrected chi connectivity index (χ1v) is 13.1. The van der Waals surface area contributed by atoms with E-state index in [2.05, 4.69) is 27.7 Å². The highest BCUT2D eigenvalue weighted by Gasteiger charge is 2.64. The Morgan fingerprint density at radius 2 is 1.71 bits per heavy atom. The fraction of sp³-hybridized carbons (Fsp3) is 0.667. The Kier molecular flexibility index (Phi) is 6.18. The maximum atomic E-state index is 13.7. The standard InChI is InChI=1S/C30H40O5/c1-16-8-9-19(20(26(16)33)14-17(2)27(34)35)18(3)25-21(31)15-23-29(6)13-11-24(32)28(4,5)22(29)10-12-30(23,25)7/h8,14,19-20,22-23H,9-13,15H2,1-7H3,(H,34,35). The SMILES string of the molecule is CC(=CC1C(=O)C(C)=CCC1C(C)=C1C(=O)CC2C1(C)CCC1C(C)(C)C(=O)CCC12C)C(=O)O. The molecule has 4 aliphatic carbocycles. The zero-order valence-electron chi connectivity index (χ0n) is 22.3. The van der Waals surface area contributed by atoms with Crippen LogP contribution in [0.25, 0.3) is 0 Å². The van der Waals surface area contributed by atoms with Crippen molar-refractivity contribution in [2.24, 2.45) is 39.9 Å². The quantitative estimate of drug-likeness (QED) is 0.509. The number of fused-ring (bicyclic) bond motifs is 3. The molecule has 0 saturated heterocycles. The lowest BCUT2D eigenvalue weighted by Gasteiger charge is -2.60. The number of carboxylic acids is 1. The molecule has 0 aliphatic heterocycles. The lowest BCUT2D eigenvalue weighted by Crippen LogP contribution is -2.56. The van der Waals surface area contributed by atoms with Crippen molar-refractivity contribution in [3.05, 3.63) is 34.4 Å². The van der Waals surface area contributed by atoms with Crippen LogP contribution in [0.15, 0.2) is 34.4 Å². The highest BCUT2D eigenvalue weighted by molar-refractivity contribution is 6.02. The third kappa shape index (κ3) is 3.72. The van der Waals surface area contributed by atoms with Crippen molar-refractivity contribution >= 4 is 23.3 Å². The first-order chi connectivity index (χ1) is 16.2. The number of rotatable bonds is 3. The normalized spacial score (nSPS) is 40.7. The zero-order valence-corrected chi connectivity index (χ0v) is 22.3. The van der Waals surface area contributed by atoms with E-state index in [1.165, 1.54) is 6.92 Å². The summed E-state index contributed by atoms with van der Waals surface area (Å²) in [4.78, 5) is 51.2. The van der Waals surface area contributed by atoms with Gasteiger partial charge in [-0.2, -0.15) is 0 Å². The van der Waals surface area contributed by atoms with Crippen molar-refractivity contribution in [1.29, 1.82) is 0 Å². The molecule has 3 fully saturated rings. The van der Waals surface area contributed by atoms with Gasteiger partial charge in [-0.15, -0.1) is 0 Å². The smallest absolute Gasteiger partial charge is 0.330 e. The van der Waals surface area contributed by atoms with Gasteiger partial charge in [-0.05, 0) is 80.6 Å². The van der Waals surface area contributed by atoms with Crippen LogP contribution in [0.2, 0.25) is 0 Å². The Labute approximate surface area is 209 Å². The number of Topliss-reactive ketones (excluding diaryl/α,β-unsaturated/α-hetero) is 3. The number of ketones is 3. The van der Waals surface area contributed by atoms with Crippen LogP contribution in [0.4, 0.5) is 0 Å². The molecule has 1 N–H and O–H groups in total. The van der Waals surface area contributed by atoms with Gasteiger partial charge in [0.25, 0.3) is 0 Å². The van der Waals surface area contributed by atoms with Gasteiger partial charge in [0.05, 0.1) is 0 Å². The molecular weight excluding hydrogens is 440 g/mol. The molecule has 0 spiro atoms. The van der Waals surface area contributed by atoms with E-state index in [9.17, 15) is 24.3 Å². The number of carbonyl (C=O) groups excluding carboxylic acids is 3. The van der Waals surface area contributed by atoms with Crippen LogP contribution in [0.5, 0.6) is 0 Å². The molecule has 0 aromatic rings. The van der Waals surface area contributed by atoms with Crippen molar-refractivity contribution in [3.8, 4) is 0 Å². The fourth-order valence-corrected chi connectivity index (χ4v) is 8.55. The van der Waals surface area contributed by atoms with E-state index >= 15 is 0 Å². The number of aliphatic carboxylic acids is 1. The molecule has 0 amide bonds. The summed E-state index contributed by atoms with van der Waals surface area (Å²) in [5.74, 6) is -0.936. The maximum absolute atomic E-state index is 13.7.